The summed E-state index contributed by atoms with van der Waals surface area (Å²) in [5.41, 5.74) is 3.56. The average Bonchev–Trinajstić information content (AvgIpc) is 2.59. The van der Waals surface area contributed by atoms with Gasteiger partial charge in [0.05, 0.1) is 0 Å². The first-order valence-corrected chi connectivity index (χ1v) is 7.83. The van der Waals surface area contributed by atoms with E-state index in [0.717, 1.165) is 22.7 Å². The van der Waals surface area contributed by atoms with Crippen LogP contribution in [-0.4, -0.2) is 5.91 Å². The van der Waals surface area contributed by atoms with Crippen molar-refractivity contribution in [2.75, 3.05) is 5.32 Å². The van der Waals surface area contributed by atoms with Gasteiger partial charge in [-0.2, -0.15) is 0 Å². The van der Waals surface area contributed by atoms with E-state index in [1.165, 1.54) is 5.56 Å². The first-order chi connectivity index (χ1) is 11.6. The molecule has 0 aliphatic heterocycles. The van der Waals surface area contributed by atoms with Crippen LogP contribution in [0.5, 0.6) is 11.5 Å². The number of carbonyl (C=O) groups is 1. The van der Waals surface area contributed by atoms with E-state index < -0.39 is 0 Å². The van der Waals surface area contributed by atoms with Gasteiger partial charge in [0.25, 0.3) is 5.91 Å². The van der Waals surface area contributed by atoms with Gasteiger partial charge in [-0.15, -0.1) is 0 Å². The second-order valence-electron chi connectivity index (χ2n) is 5.71. The molecule has 0 saturated carbocycles. The zero-order valence-electron chi connectivity index (χ0n) is 13.7. The first-order valence-electron chi connectivity index (χ1n) is 7.83. The Balaban J connectivity index is 1.67. The number of carbonyl (C=O) groups excluding carboxylic acids is 1. The number of ether oxygens (including phenoxy) is 1. The van der Waals surface area contributed by atoms with Crippen molar-refractivity contribution in [2.24, 2.45) is 0 Å². The molecule has 3 aromatic rings. The fourth-order valence-electron chi connectivity index (χ4n) is 2.37. The molecular weight excluding hydrogens is 298 g/mol. The number of benzene rings is 3. The van der Waals surface area contributed by atoms with Crippen LogP contribution in [-0.2, 0) is 0 Å². The van der Waals surface area contributed by atoms with Gasteiger partial charge in [0.1, 0.15) is 11.5 Å². The maximum absolute atomic E-state index is 12.3. The minimum absolute atomic E-state index is 0.111. The highest BCUT2D eigenvalue weighted by Gasteiger charge is 2.08. The predicted molar refractivity (Wildman–Crippen MR) is 96.8 cm³/mol. The van der Waals surface area contributed by atoms with Crippen LogP contribution in [0.15, 0.2) is 72.8 Å². The van der Waals surface area contributed by atoms with Crippen molar-refractivity contribution in [1.82, 2.24) is 0 Å². The Hall–Kier alpha value is -3.07. The van der Waals surface area contributed by atoms with Crippen molar-refractivity contribution >= 4 is 11.6 Å². The Morgan fingerprint density at radius 2 is 1.38 bits per heavy atom. The number of aryl methyl sites for hydroxylation is 2. The van der Waals surface area contributed by atoms with Gasteiger partial charge in [-0.05, 0) is 61.9 Å². The number of nitrogens with one attached hydrogen (secondary N) is 1. The third-order valence-electron chi connectivity index (χ3n) is 3.76. The number of rotatable bonds is 4. The zero-order chi connectivity index (χ0) is 16.9. The van der Waals surface area contributed by atoms with Crippen LogP contribution in [0.3, 0.4) is 0 Å². The number of amides is 1. The number of hydrogen-bond donors (Lipinski definition) is 1. The second-order valence-corrected chi connectivity index (χ2v) is 5.71. The standard InChI is InChI=1S/C21H19NO2/c1-15-7-11-18(12-8-15)24-19-13-9-17(10-14-19)22-21(23)20-6-4-3-5-16(20)2/h3-14H,1-2H3,(H,22,23). The summed E-state index contributed by atoms with van der Waals surface area (Å²) in [7, 11) is 0. The average molecular weight is 317 g/mol. The van der Waals surface area contributed by atoms with E-state index in [1.54, 1.807) is 0 Å². The highest BCUT2D eigenvalue weighted by Crippen LogP contribution is 2.23. The monoisotopic (exact) mass is 317 g/mol. The molecule has 0 radical (unpaired) electrons. The summed E-state index contributed by atoms with van der Waals surface area (Å²) in [5.74, 6) is 1.41. The molecule has 3 aromatic carbocycles. The molecule has 120 valence electrons. The zero-order valence-corrected chi connectivity index (χ0v) is 13.7. The molecule has 0 aromatic heterocycles. The van der Waals surface area contributed by atoms with Gasteiger partial charge in [0, 0.05) is 11.3 Å². The summed E-state index contributed by atoms with van der Waals surface area (Å²) in [6, 6.07) is 22.8. The lowest BCUT2D eigenvalue weighted by atomic mass is 10.1. The van der Waals surface area contributed by atoms with Gasteiger partial charge >= 0.3 is 0 Å². The Labute approximate surface area is 141 Å². The van der Waals surface area contributed by atoms with Crippen molar-refractivity contribution in [1.29, 1.82) is 0 Å². The molecule has 0 bridgehead atoms. The third-order valence-corrected chi connectivity index (χ3v) is 3.76. The van der Waals surface area contributed by atoms with Crippen LogP contribution in [0.4, 0.5) is 5.69 Å². The molecule has 1 amide bonds. The molecule has 0 unspecified atom stereocenters. The van der Waals surface area contributed by atoms with Crippen molar-refractivity contribution in [3.05, 3.63) is 89.5 Å². The topological polar surface area (TPSA) is 38.3 Å². The fraction of sp³-hybridized carbons (Fsp3) is 0.0952. The molecule has 3 nitrogen and oxygen atoms in total. The molecule has 3 heteroatoms. The normalized spacial score (nSPS) is 10.2. The van der Waals surface area contributed by atoms with Gasteiger partial charge < -0.3 is 10.1 Å². The van der Waals surface area contributed by atoms with Crippen LogP contribution in [0, 0.1) is 13.8 Å². The van der Waals surface area contributed by atoms with Gasteiger partial charge in [-0.3, -0.25) is 4.79 Å². The van der Waals surface area contributed by atoms with E-state index in [4.69, 9.17) is 4.74 Å². The van der Waals surface area contributed by atoms with Crippen molar-refractivity contribution in [3.63, 3.8) is 0 Å². The highest BCUT2D eigenvalue weighted by molar-refractivity contribution is 6.05. The third kappa shape index (κ3) is 3.82. The van der Waals surface area contributed by atoms with Crippen molar-refractivity contribution < 1.29 is 9.53 Å². The van der Waals surface area contributed by atoms with Crippen LogP contribution >= 0.6 is 0 Å². The maximum atomic E-state index is 12.3. The molecule has 1 N–H and O–H groups in total. The van der Waals surface area contributed by atoms with Crippen LogP contribution in [0.2, 0.25) is 0 Å². The van der Waals surface area contributed by atoms with Crippen LogP contribution in [0.25, 0.3) is 0 Å². The predicted octanol–water partition coefficient (Wildman–Crippen LogP) is 5.35. The van der Waals surface area contributed by atoms with Gasteiger partial charge in [-0.1, -0.05) is 35.9 Å². The van der Waals surface area contributed by atoms with Crippen LogP contribution in [0.1, 0.15) is 21.5 Å². The van der Waals surface area contributed by atoms with E-state index >= 15 is 0 Å². The summed E-state index contributed by atoms with van der Waals surface area (Å²) in [4.78, 5) is 12.3. The lowest BCUT2D eigenvalue weighted by molar-refractivity contribution is 0.102. The quantitative estimate of drug-likeness (QED) is 0.704. The van der Waals surface area contributed by atoms with E-state index in [9.17, 15) is 4.79 Å². The van der Waals surface area contributed by atoms with Crippen molar-refractivity contribution in [2.45, 2.75) is 13.8 Å². The molecule has 0 aliphatic carbocycles. The summed E-state index contributed by atoms with van der Waals surface area (Å²) in [5, 5.41) is 2.90. The van der Waals surface area contributed by atoms with Gasteiger partial charge in [-0.25, -0.2) is 0 Å². The lowest BCUT2D eigenvalue weighted by Gasteiger charge is -2.09. The van der Waals surface area contributed by atoms with Gasteiger partial charge in [0.15, 0.2) is 0 Å². The maximum Gasteiger partial charge on any atom is 0.255 e. The SMILES string of the molecule is Cc1ccc(Oc2ccc(NC(=O)c3ccccc3C)cc2)cc1. The molecule has 0 saturated heterocycles. The molecule has 0 aliphatic rings. The van der Waals surface area contributed by atoms with E-state index in [0.29, 0.717) is 5.56 Å². The highest BCUT2D eigenvalue weighted by atomic mass is 16.5. The fourth-order valence-corrected chi connectivity index (χ4v) is 2.37. The first kappa shape index (κ1) is 15.8. The number of hydrogen-bond acceptors (Lipinski definition) is 2. The molecule has 0 atom stereocenters. The van der Waals surface area contributed by atoms with Crippen LogP contribution < -0.4 is 10.1 Å². The number of anilines is 1. The molecule has 0 spiro atoms. The van der Waals surface area contributed by atoms with E-state index in [2.05, 4.69) is 5.32 Å². The Bertz CT molecular complexity index is 836. The second kappa shape index (κ2) is 7.01. The minimum atomic E-state index is -0.111. The Morgan fingerprint density at radius 3 is 2.00 bits per heavy atom. The molecule has 0 heterocycles. The lowest BCUT2D eigenvalue weighted by Crippen LogP contribution is -2.13. The summed E-state index contributed by atoms with van der Waals surface area (Å²) >= 11 is 0. The molecule has 24 heavy (non-hydrogen) atoms. The summed E-state index contributed by atoms with van der Waals surface area (Å²) in [6.07, 6.45) is 0. The largest absolute Gasteiger partial charge is 0.457 e. The van der Waals surface area contributed by atoms with E-state index in [-0.39, 0.29) is 5.91 Å². The van der Waals surface area contributed by atoms with Crippen molar-refractivity contribution in [3.8, 4) is 11.5 Å². The molecule has 3 rings (SSSR count). The van der Waals surface area contributed by atoms with Gasteiger partial charge in [0.2, 0.25) is 0 Å². The Morgan fingerprint density at radius 1 is 0.792 bits per heavy atom. The molecular formula is C21H19NO2. The molecule has 0 fully saturated rings. The van der Waals surface area contributed by atoms with E-state index in [1.807, 2.05) is 86.6 Å². The smallest absolute Gasteiger partial charge is 0.255 e. The Kier molecular flexibility index (Phi) is 4.62. The minimum Gasteiger partial charge on any atom is -0.457 e. The summed E-state index contributed by atoms with van der Waals surface area (Å²) in [6.45, 7) is 3.96. The summed E-state index contributed by atoms with van der Waals surface area (Å²) < 4.78 is 5.78.